The summed E-state index contributed by atoms with van der Waals surface area (Å²) in [5, 5.41) is 0. The summed E-state index contributed by atoms with van der Waals surface area (Å²) >= 11 is 0. The number of nitrogens with zero attached hydrogens (tertiary/aromatic N) is 1. The molecule has 0 saturated carbocycles. The SMILES string of the molecule is C=CC(=O)CN(C(=O)OCCCOC)C(=O)OCCCOC. The molecule has 0 atom stereocenters. The highest BCUT2D eigenvalue weighted by molar-refractivity contribution is 5.98. The van der Waals surface area contributed by atoms with Crippen molar-refractivity contribution < 1.29 is 33.3 Å². The zero-order chi connectivity index (χ0) is 16.8. The second kappa shape index (κ2) is 12.8. The third kappa shape index (κ3) is 9.09. The summed E-state index contributed by atoms with van der Waals surface area (Å²) in [6.07, 6.45) is 0.0951. The largest absolute Gasteiger partial charge is 0.449 e. The molecule has 0 unspecified atom stereocenters. The Morgan fingerprint density at radius 1 is 0.909 bits per heavy atom. The molecule has 8 nitrogen and oxygen atoms in total. The van der Waals surface area contributed by atoms with Gasteiger partial charge in [0.15, 0.2) is 5.78 Å². The van der Waals surface area contributed by atoms with Gasteiger partial charge in [-0.1, -0.05) is 6.58 Å². The Labute approximate surface area is 129 Å². The van der Waals surface area contributed by atoms with E-state index in [1.807, 2.05) is 0 Å². The van der Waals surface area contributed by atoms with Crippen LogP contribution >= 0.6 is 0 Å². The molecule has 8 heteroatoms. The monoisotopic (exact) mass is 317 g/mol. The van der Waals surface area contributed by atoms with Gasteiger partial charge in [0.05, 0.1) is 19.8 Å². The second-order valence-corrected chi connectivity index (χ2v) is 4.18. The third-order valence-corrected chi connectivity index (χ3v) is 2.42. The predicted molar refractivity (Wildman–Crippen MR) is 77.6 cm³/mol. The summed E-state index contributed by atoms with van der Waals surface area (Å²) in [4.78, 5) is 35.6. The van der Waals surface area contributed by atoms with E-state index in [0.717, 1.165) is 6.08 Å². The molecule has 0 aliphatic carbocycles. The van der Waals surface area contributed by atoms with E-state index in [2.05, 4.69) is 6.58 Å². The Morgan fingerprint density at radius 3 is 1.73 bits per heavy atom. The fraction of sp³-hybridized carbons (Fsp3) is 0.643. The highest BCUT2D eigenvalue weighted by atomic mass is 16.6. The first kappa shape index (κ1) is 20.1. The molecule has 0 heterocycles. The standard InChI is InChI=1S/C14H23NO7/c1-4-12(16)11-15(13(17)21-9-5-7-19-2)14(18)22-10-6-8-20-3/h4H,1,5-11H2,2-3H3. The molecule has 0 spiro atoms. The van der Waals surface area contributed by atoms with Crippen molar-refractivity contribution in [2.75, 3.05) is 47.2 Å². The van der Waals surface area contributed by atoms with E-state index < -0.39 is 24.5 Å². The highest BCUT2D eigenvalue weighted by Crippen LogP contribution is 2.01. The number of ketones is 1. The second-order valence-electron chi connectivity index (χ2n) is 4.18. The molecule has 0 aromatic rings. The van der Waals surface area contributed by atoms with Gasteiger partial charge in [-0.05, 0) is 6.08 Å². The number of imide groups is 1. The lowest BCUT2D eigenvalue weighted by atomic mass is 10.4. The van der Waals surface area contributed by atoms with Crippen LogP contribution in [0.3, 0.4) is 0 Å². The summed E-state index contributed by atoms with van der Waals surface area (Å²) in [5.74, 6) is -0.498. The van der Waals surface area contributed by atoms with Crippen LogP contribution < -0.4 is 0 Å². The minimum Gasteiger partial charge on any atom is -0.449 e. The molecule has 0 rings (SSSR count). The molecule has 0 aromatic heterocycles. The summed E-state index contributed by atoms with van der Waals surface area (Å²) in [6, 6.07) is 0. The molecule has 0 fully saturated rings. The summed E-state index contributed by atoms with van der Waals surface area (Å²) in [7, 11) is 3.04. The van der Waals surface area contributed by atoms with Crippen LogP contribution in [-0.4, -0.2) is 70.1 Å². The van der Waals surface area contributed by atoms with Gasteiger partial charge in [0.1, 0.15) is 0 Å². The number of methoxy groups -OCH3 is 2. The Bertz CT molecular complexity index is 346. The van der Waals surface area contributed by atoms with Crippen molar-refractivity contribution in [3.63, 3.8) is 0 Å². The molecule has 0 aliphatic heterocycles. The van der Waals surface area contributed by atoms with Gasteiger partial charge in [0.25, 0.3) is 0 Å². The Hall–Kier alpha value is -1.93. The van der Waals surface area contributed by atoms with Crippen molar-refractivity contribution >= 4 is 18.0 Å². The van der Waals surface area contributed by atoms with Crippen LogP contribution in [0.25, 0.3) is 0 Å². The summed E-state index contributed by atoms with van der Waals surface area (Å²) in [6.45, 7) is 3.79. The smallest absolute Gasteiger partial charge is 0.419 e. The summed E-state index contributed by atoms with van der Waals surface area (Å²) < 4.78 is 19.4. The topological polar surface area (TPSA) is 91.4 Å². The van der Waals surface area contributed by atoms with Crippen LogP contribution in [0.5, 0.6) is 0 Å². The number of amides is 2. The van der Waals surface area contributed by atoms with Gasteiger partial charge < -0.3 is 18.9 Å². The summed E-state index contributed by atoms with van der Waals surface area (Å²) in [5.41, 5.74) is 0. The lowest BCUT2D eigenvalue weighted by Crippen LogP contribution is -2.41. The zero-order valence-corrected chi connectivity index (χ0v) is 13.0. The van der Waals surface area contributed by atoms with E-state index in [0.29, 0.717) is 31.0 Å². The first-order valence-corrected chi connectivity index (χ1v) is 6.81. The van der Waals surface area contributed by atoms with Gasteiger partial charge >= 0.3 is 12.2 Å². The third-order valence-electron chi connectivity index (χ3n) is 2.42. The number of rotatable bonds is 11. The van der Waals surface area contributed by atoms with E-state index in [9.17, 15) is 14.4 Å². The quantitative estimate of drug-likeness (QED) is 0.420. The van der Waals surface area contributed by atoms with Crippen molar-refractivity contribution in [2.24, 2.45) is 0 Å². The van der Waals surface area contributed by atoms with Crippen LogP contribution in [0.2, 0.25) is 0 Å². The zero-order valence-electron chi connectivity index (χ0n) is 13.0. The van der Waals surface area contributed by atoms with Gasteiger partial charge in [-0.3, -0.25) is 4.79 Å². The maximum atomic E-state index is 11.8. The molecule has 0 N–H and O–H groups in total. The minimum absolute atomic E-state index is 0.0718. The van der Waals surface area contributed by atoms with Crippen LogP contribution in [0.1, 0.15) is 12.8 Å². The Balaban J connectivity index is 4.45. The van der Waals surface area contributed by atoms with Crippen molar-refractivity contribution in [1.29, 1.82) is 0 Å². The highest BCUT2D eigenvalue weighted by Gasteiger charge is 2.26. The van der Waals surface area contributed by atoms with E-state index >= 15 is 0 Å². The first-order valence-electron chi connectivity index (χ1n) is 6.81. The molecule has 0 radical (unpaired) electrons. The molecule has 22 heavy (non-hydrogen) atoms. The van der Waals surface area contributed by atoms with Gasteiger partial charge in [0.2, 0.25) is 0 Å². The predicted octanol–water partition coefficient (Wildman–Crippen LogP) is 1.39. The maximum absolute atomic E-state index is 11.8. The number of hydrogen-bond donors (Lipinski definition) is 0. The molecule has 0 bridgehead atoms. The van der Waals surface area contributed by atoms with Crippen LogP contribution in [0.4, 0.5) is 9.59 Å². The molecular formula is C14H23NO7. The average molecular weight is 317 g/mol. The maximum Gasteiger partial charge on any atom is 0.419 e. The fourth-order valence-electron chi connectivity index (χ4n) is 1.31. The molecule has 0 aliphatic rings. The van der Waals surface area contributed by atoms with Crippen molar-refractivity contribution in [2.45, 2.75) is 12.8 Å². The lowest BCUT2D eigenvalue weighted by Gasteiger charge is -2.18. The Morgan fingerprint density at radius 2 is 1.36 bits per heavy atom. The van der Waals surface area contributed by atoms with Gasteiger partial charge in [0, 0.05) is 40.3 Å². The molecule has 0 aromatic carbocycles. The molecule has 0 saturated heterocycles. The number of ether oxygens (including phenoxy) is 4. The van der Waals surface area contributed by atoms with Crippen LogP contribution in [0, 0.1) is 0 Å². The molecule has 126 valence electrons. The number of carbonyl (C=O) groups excluding carboxylic acids is 3. The fourth-order valence-corrected chi connectivity index (χ4v) is 1.31. The lowest BCUT2D eigenvalue weighted by molar-refractivity contribution is -0.115. The average Bonchev–Trinajstić information content (AvgIpc) is 2.52. The van der Waals surface area contributed by atoms with Gasteiger partial charge in [-0.25, -0.2) is 14.5 Å². The normalized spacial score (nSPS) is 9.91. The van der Waals surface area contributed by atoms with Crippen molar-refractivity contribution in [3.05, 3.63) is 12.7 Å². The number of carbonyl (C=O) groups is 3. The van der Waals surface area contributed by atoms with Crippen LogP contribution in [0.15, 0.2) is 12.7 Å². The van der Waals surface area contributed by atoms with Crippen LogP contribution in [-0.2, 0) is 23.7 Å². The van der Waals surface area contributed by atoms with E-state index in [1.54, 1.807) is 0 Å². The number of hydrogen-bond acceptors (Lipinski definition) is 7. The van der Waals surface area contributed by atoms with Gasteiger partial charge in [-0.15, -0.1) is 0 Å². The Kier molecular flexibility index (Phi) is 11.7. The van der Waals surface area contributed by atoms with Crippen molar-refractivity contribution in [1.82, 2.24) is 4.90 Å². The molecular weight excluding hydrogens is 294 g/mol. The van der Waals surface area contributed by atoms with E-state index in [-0.39, 0.29) is 13.2 Å². The van der Waals surface area contributed by atoms with E-state index in [1.165, 1.54) is 14.2 Å². The minimum atomic E-state index is -0.942. The molecule has 2 amide bonds. The van der Waals surface area contributed by atoms with E-state index in [4.69, 9.17) is 18.9 Å². The first-order chi connectivity index (χ1) is 10.6. The van der Waals surface area contributed by atoms with Gasteiger partial charge in [-0.2, -0.15) is 0 Å². The van der Waals surface area contributed by atoms with Crippen molar-refractivity contribution in [3.8, 4) is 0 Å².